The van der Waals surface area contributed by atoms with Crippen LogP contribution in [0.2, 0.25) is 0 Å². The zero-order valence-electron chi connectivity index (χ0n) is 20.1. The second-order valence-corrected chi connectivity index (χ2v) is 7.08. The van der Waals surface area contributed by atoms with Gasteiger partial charge < -0.3 is 19.7 Å². The maximum atomic E-state index is 11.7. The minimum absolute atomic E-state index is 0.239. The van der Waals surface area contributed by atoms with Crippen LogP contribution in [-0.2, 0) is 22.7 Å². The average Bonchev–Trinajstić information content (AvgIpc) is 2.88. The summed E-state index contributed by atoms with van der Waals surface area (Å²) < 4.78 is 9.74. The van der Waals surface area contributed by atoms with E-state index in [4.69, 9.17) is 16.3 Å². The summed E-state index contributed by atoms with van der Waals surface area (Å²) in [6, 6.07) is 18.9. The van der Waals surface area contributed by atoms with Gasteiger partial charge in [0, 0.05) is 37.8 Å². The summed E-state index contributed by atoms with van der Waals surface area (Å²) in [5.74, 6) is 0. The van der Waals surface area contributed by atoms with Gasteiger partial charge in [-0.1, -0.05) is 85.0 Å². The predicted octanol–water partition coefficient (Wildman–Crippen LogP) is 6.51. The van der Waals surface area contributed by atoms with E-state index in [0.29, 0.717) is 13.1 Å². The highest BCUT2D eigenvalue weighted by Gasteiger charge is 2.11. The van der Waals surface area contributed by atoms with E-state index in [2.05, 4.69) is 36.4 Å². The van der Waals surface area contributed by atoms with Crippen LogP contribution in [0.15, 0.2) is 111 Å². The molecule has 188 valence electrons. The summed E-state index contributed by atoms with van der Waals surface area (Å²) in [4.78, 5) is 23.4. The number of rotatable bonds is 12. The smallest absolute Gasteiger partial charge is 0.410 e. The summed E-state index contributed by atoms with van der Waals surface area (Å²) in [7, 11) is 0. The summed E-state index contributed by atoms with van der Waals surface area (Å²) in [5, 5.41) is 3.05. The van der Waals surface area contributed by atoms with Gasteiger partial charge in [-0.25, -0.2) is 9.59 Å². The van der Waals surface area contributed by atoms with Crippen LogP contribution in [0, 0.1) is 0 Å². The summed E-state index contributed by atoms with van der Waals surface area (Å²) in [5.41, 5.74) is 1.13. The lowest BCUT2D eigenvalue weighted by Gasteiger charge is -2.18. The summed E-state index contributed by atoms with van der Waals surface area (Å²) >= 11 is 4.97. The average molecular weight is 499 g/mol. The van der Waals surface area contributed by atoms with E-state index in [1.165, 1.54) is 4.90 Å². The van der Waals surface area contributed by atoms with Crippen molar-refractivity contribution in [1.82, 2.24) is 10.2 Å². The Morgan fingerprint density at radius 3 is 1.54 bits per heavy atom. The Labute approximate surface area is 214 Å². The highest BCUT2D eigenvalue weighted by atomic mass is 35.5. The molecule has 0 aromatic heterocycles. The Morgan fingerprint density at radius 1 is 0.743 bits per heavy atom. The van der Waals surface area contributed by atoms with E-state index >= 15 is 0 Å². The van der Waals surface area contributed by atoms with E-state index in [9.17, 15) is 9.59 Å². The molecule has 0 spiro atoms. The van der Waals surface area contributed by atoms with Crippen molar-refractivity contribution in [2.45, 2.75) is 13.2 Å². The van der Waals surface area contributed by atoms with E-state index in [1.807, 2.05) is 72.8 Å². The highest BCUT2D eigenvalue weighted by molar-refractivity contribution is 6.61. The number of amides is 1. The molecule has 0 saturated heterocycles. The third-order valence-electron chi connectivity index (χ3n) is 3.93. The van der Waals surface area contributed by atoms with Crippen LogP contribution >= 0.6 is 11.6 Å². The summed E-state index contributed by atoms with van der Waals surface area (Å²) in [6.45, 7) is 17.4. The standard InChI is InChI=1S/C14H17NO2.C8H7ClO2.C6H11N/c1-3-10-15(11-4-2)14(16)17-12-13-8-6-5-7-9-13;9-8(10)11-6-7-4-2-1-3-5-7;1-3-5-7-6-4-2/h3-9H,1-2,10-12H2;1-5H,6H2;3-4,7H,1-2,5-6H2. The van der Waals surface area contributed by atoms with Crippen LogP contribution in [0.1, 0.15) is 11.1 Å². The Morgan fingerprint density at radius 2 is 1.17 bits per heavy atom. The van der Waals surface area contributed by atoms with Crippen LogP contribution in [-0.4, -0.2) is 42.6 Å². The SMILES string of the molecule is C=CCN(CC=C)C(=O)OCc1ccccc1.C=CCNCC=C.O=C(Cl)OCc1ccccc1. The molecule has 1 N–H and O–H groups in total. The topological polar surface area (TPSA) is 67.9 Å². The first kappa shape index (κ1) is 31.4. The van der Waals surface area contributed by atoms with Gasteiger partial charge in [-0.05, 0) is 11.1 Å². The number of hydrogen-bond acceptors (Lipinski definition) is 5. The first-order valence-electron chi connectivity index (χ1n) is 10.9. The molecule has 2 aromatic rings. The van der Waals surface area contributed by atoms with E-state index in [1.54, 1.807) is 12.2 Å². The molecule has 0 unspecified atom stereocenters. The first-order valence-corrected chi connectivity index (χ1v) is 11.3. The van der Waals surface area contributed by atoms with Gasteiger partial charge in [0.2, 0.25) is 0 Å². The number of ether oxygens (including phenoxy) is 2. The molecule has 2 rings (SSSR count). The molecule has 1 amide bonds. The lowest BCUT2D eigenvalue weighted by Crippen LogP contribution is -2.31. The molecule has 0 saturated carbocycles. The normalized spacial score (nSPS) is 9.06. The Balaban J connectivity index is 0.000000550. The van der Waals surface area contributed by atoms with Gasteiger partial charge in [-0.15, -0.1) is 26.3 Å². The molecule has 0 aliphatic rings. The van der Waals surface area contributed by atoms with E-state index in [0.717, 1.165) is 24.2 Å². The first-order chi connectivity index (χ1) is 17.0. The van der Waals surface area contributed by atoms with E-state index < -0.39 is 5.43 Å². The van der Waals surface area contributed by atoms with Crippen LogP contribution < -0.4 is 5.32 Å². The Hall–Kier alpha value is -3.61. The van der Waals surface area contributed by atoms with Crippen molar-refractivity contribution in [2.75, 3.05) is 26.2 Å². The molecule has 35 heavy (non-hydrogen) atoms. The van der Waals surface area contributed by atoms with Gasteiger partial charge in [0.05, 0.1) is 0 Å². The molecule has 0 heterocycles. The molecule has 0 aliphatic heterocycles. The summed E-state index contributed by atoms with van der Waals surface area (Å²) in [6.07, 6.45) is 6.61. The molecule has 6 nitrogen and oxygen atoms in total. The minimum atomic E-state index is -0.770. The minimum Gasteiger partial charge on any atom is -0.449 e. The number of benzene rings is 2. The Kier molecular flexibility index (Phi) is 19.9. The van der Waals surface area contributed by atoms with Gasteiger partial charge in [0.1, 0.15) is 13.2 Å². The van der Waals surface area contributed by atoms with Crippen LogP contribution in [0.25, 0.3) is 0 Å². The second kappa shape index (κ2) is 22.2. The van der Waals surface area contributed by atoms with Crippen LogP contribution in [0.5, 0.6) is 0 Å². The van der Waals surface area contributed by atoms with Gasteiger partial charge in [0.15, 0.2) is 0 Å². The van der Waals surface area contributed by atoms with Crippen molar-refractivity contribution in [1.29, 1.82) is 0 Å². The fraction of sp³-hybridized carbons (Fsp3) is 0.214. The highest BCUT2D eigenvalue weighted by Crippen LogP contribution is 2.04. The second-order valence-electron chi connectivity index (χ2n) is 6.77. The molecule has 2 aromatic carbocycles. The molecule has 7 heteroatoms. The third-order valence-corrected chi connectivity index (χ3v) is 4.04. The van der Waals surface area contributed by atoms with E-state index in [-0.39, 0.29) is 19.3 Å². The maximum Gasteiger partial charge on any atom is 0.410 e. The van der Waals surface area contributed by atoms with Crippen molar-refractivity contribution in [3.05, 3.63) is 122 Å². The van der Waals surface area contributed by atoms with Gasteiger partial charge in [-0.3, -0.25) is 0 Å². The fourth-order valence-electron chi connectivity index (χ4n) is 2.35. The van der Waals surface area contributed by atoms with Crippen molar-refractivity contribution in [2.24, 2.45) is 0 Å². The largest absolute Gasteiger partial charge is 0.449 e. The van der Waals surface area contributed by atoms with Gasteiger partial charge in [0.25, 0.3) is 0 Å². The zero-order chi connectivity index (χ0) is 26.2. The molecular weight excluding hydrogens is 464 g/mol. The van der Waals surface area contributed by atoms with Crippen molar-refractivity contribution < 1.29 is 19.1 Å². The fourth-order valence-corrected chi connectivity index (χ4v) is 2.40. The van der Waals surface area contributed by atoms with Crippen molar-refractivity contribution >= 4 is 23.1 Å². The maximum absolute atomic E-state index is 11.7. The van der Waals surface area contributed by atoms with Gasteiger partial charge >= 0.3 is 11.5 Å². The number of carbonyl (C=O) groups excluding carboxylic acids is 2. The number of nitrogens with one attached hydrogen (secondary N) is 1. The van der Waals surface area contributed by atoms with Crippen LogP contribution in [0.4, 0.5) is 9.59 Å². The third kappa shape index (κ3) is 18.5. The van der Waals surface area contributed by atoms with Crippen molar-refractivity contribution in [3.8, 4) is 0 Å². The quantitative estimate of drug-likeness (QED) is 0.205. The molecular formula is C28H35ClN2O4. The lowest BCUT2D eigenvalue weighted by atomic mass is 10.2. The molecule has 0 radical (unpaired) electrons. The molecule has 0 atom stereocenters. The monoisotopic (exact) mass is 498 g/mol. The molecule has 0 bridgehead atoms. The van der Waals surface area contributed by atoms with Crippen molar-refractivity contribution in [3.63, 3.8) is 0 Å². The number of hydrogen-bond donors (Lipinski definition) is 1. The Bertz CT molecular complexity index is 855. The van der Waals surface area contributed by atoms with Gasteiger partial charge in [-0.2, -0.15) is 0 Å². The molecule has 0 fully saturated rings. The van der Waals surface area contributed by atoms with Crippen LogP contribution in [0.3, 0.4) is 0 Å². The molecule has 0 aliphatic carbocycles. The predicted molar refractivity (Wildman–Crippen MR) is 144 cm³/mol. The number of carbonyl (C=O) groups is 2. The number of halogens is 1. The number of nitrogens with zero attached hydrogens (tertiary/aromatic N) is 1. The lowest BCUT2D eigenvalue weighted by molar-refractivity contribution is 0.104. The zero-order valence-corrected chi connectivity index (χ0v) is 20.9.